The highest BCUT2D eigenvalue weighted by molar-refractivity contribution is 7.13. The number of halogens is 2. The van der Waals surface area contributed by atoms with E-state index in [1.165, 1.54) is 35.6 Å². The third-order valence-electron chi connectivity index (χ3n) is 5.17. The molecule has 0 atom stereocenters. The Balaban J connectivity index is 1.44. The minimum Gasteiger partial charge on any atom is -0.346 e. The molecule has 0 aliphatic rings. The van der Waals surface area contributed by atoms with Gasteiger partial charge < -0.3 is 5.32 Å². The van der Waals surface area contributed by atoms with Gasteiger partial charge in [-0.05, 0) is 53.1 Å². The molecule has 0 unspecified atom stereocenters. The van der Waals surface area contributed by atoms with Crippen LogP contribution in [0.5, 0.6) is 0 Å². The number of nitrogens with one attached hydrogen (secondary N) is 1. The molecule has 6 nitrogen and oxygen atoms in total. The Hall–Kier alpha value is -4.00. The van der Waals surface area contributed by atoms with E-state index in [9.17, 15) is 13.6 Å². The quantitative estimate of drug-likeness (QED) is 0.365. The van der Waals surface area contributed by atoms with Crippen LogP contribution in [0.1, 0.15) is 37.1 Å². The van der Waals surface area contributed by atoms with Crippen molar-refractivity contribution in [2.45, 2.75) is 26.2 Å². The average molecular weight is 490 g/mol. The highest BCUT2D eigenvalue weighted by Crippen LogP contribution is 2.18. The second-order valence-corrected chi connectivity index (χ2v) is 8.96. The lowest BCUT2D eigenvalue weighted by Crippen LogP contribution is -2.22. The van der Waals surface area contributed by atoms with Gasteiger partial charge in [0.2, 0.25) is 5.01 Å². The van der Waals surface area contributed by atoms with Gasteiger partial charge in [0.25, 0.3) is 5.91 Å². The fraction of sp³-hybridized carbons (Fsp3) is 0.154. The molecule has 176 valence electrons. The lowest BCUT2D eigenvalue weighted by molar-refractivity contribution is 0.0950. The van der Waals surface area contributed by atoms with E-state index in [0.29, 0.717) is 30.2 Å². The molecular formula is C26H21F2N5OS. The van der Waals surface area contributed by atoms with E-state index < -0.39 is 0 Å². The van der Waals surface area contributed by atoms with Crippen LogP contribution in [0.2, 0.25) is 0 Å². The lowest BCUT2D eigenvalue weighted by Gasteiger charge is -2.21. The van der Waals surface area contributed by atoms with Crippen LogP contribution in [0.4, 0.5) is 8.78 Å². The number of benzene rings is 3. The highest BCUT2D eigenvalue weighted by Gasteiger charge is 2.16. The molecule has 1 N–H and O–H groups in total. The van der Waals surface area contributed by atoms with Gasteiger partial charge in [0.1, 0.15) is 16.6 Å². The third kappa shape index (κ3) is 6.99. The van der Waals surface area contributed by atoms with Crippen molar-refractivity contribution in [1.82, 2.24) is 20.4 Å². The molecule has 0 aliphatic heterocycles. The Morgan fingerprint density at radius 1 is 0.886 bits per heavy atom. The molecule has 0 saturated heterocycles. The van der Waals surface area contributed by atoms with E-state index in [0.717, 1.165) is 16.7 Å². The van der Waals surface area contributed by atoms with Gasteiger partial charge >= 0.3 is 0 Å². The van der Waals surface area contributed by atoms with Crippen LogP contribution < -0.4 is 5.32 Å². The molecule has 0 fully saturated rings. The molecule has 1 heterocycles. The van der Waals surface area contributed by atoms with Gasteiger partial charge in [-0.3, -0.25) is 9.69 Å². The molecule has 35 heavy (non-hydrogen) atoms. The van der Waals surface area contributed by atoms with Gasteiger partial charge in [0.05, 0.1) is 18.2 Å². The predicted octanol–water partition coefficient (Wildman–Crippen LogP) is 4.82. The van der Waals surface area contributed by atoms with E-state index in [1.54, 1.807) is 30.3 Å². The zero-order chi connectivity index (χ0) is 24.6. The molecule has 0 radical (unpaired) electrons. The number of nitrogens with zero attached hydrogens (tertiary/aromatic N) is 4. The summed E-state index contributed by atoms with van der Waals surface area (Å²) in [5, 5.41) is 20.9. The van der Waals surface area contributed by atoms with Crippen molar-refractivity contribution in [1.29, 1.82) is 5.26 Å². The Kier molecular flexibility index (Phi) is 7.88. The van der Waals surface area contributed by atoms with Crippen LogP contribution in [-0.2, 0) is 26.2 Å². The van der Waals surface area contributed by atoms with E-state index in [1.807, 2.05) is 18.2 Å². The summed E-state index contributed by atoms with van der Waals surface area (Å²) in [5.41, 5.74) is 3.14. The van der Waals surface area contributed by atoms with Crippen LogP contribution in [0.15, 0.2) is 72.8 Å². The first kappa shape index (κ1) is 24.1. The van der Waals surface area contributed by atoms with Crippen molar-refractivity contribution >= 4 is 17.2 Å². The van der Waals surface area contributed by atoms with Crippen molar-refractivity contribution in [2.75, 3.05) is 0 Å². The maximum atomic E-state index is 13.7. The summed E-state index contributed by atoms with van der Waals surface area (Å²) < 4.78 is 26.8. The van der Waals surface area contributed by atoms with Crippen molar-refractivity contribution in [3.05, 3.63) is 117 Å². The normalized spacial score (nSPS) is 10.8. The fourth-order valence-corrected chi connectivity index (χ4v) is 4.26. The minimum absolute atomic E-state index is 0.228. The predicted molar refractivity (Wildman–Crippen MR) is 128 cm³/mol. The summed E-state index contributed by atoms with van der Waals surface area (Å²) in [5.74, 6) is -1.00. The number of rotatable bonds is 9. The number of aromatic nitrogens is 2. The van der Waals surface area contributed by atoms with Crippen molar-refractivity contribution in [3.63, 3.8) is 0 Å². The summed E-state index contributed by atoms with van der Waals surface area (Å²) in [6.07, 6.45) is 0. The van der Waals surface area contributed by atoms with E-state index in [-0.39, 0.29) is 29.1 Å². The highest BCUT2D eigenvalue weighted by atomic mass is 32.1. The van der Waals surface area contributed by atoms with Gasteiger partial charge in [-0.2, -0.15) is 5.26 Å². The summed E-state index contributed by atoms with van der Waals surface area (Å²) >= 11 is 1.18. The first-order chi connectivity index (χ1) is 17.0. The largest absolute Gasteiger partial charge is 0.346 e. The fourth-order valence-electron chi connectivity index (χ4n) is 3.46. The zero-order valence-electron chi connectivity index (χ0n) is 18.6. The van der Waals surface area contributed by atoms with Gasteiger partial charge in [-0.25, -0.2) is 8.78 Å². The molecule has 4 aromatic rings. The Labute approximate surface area is 205 Å². The average Bonchev–Trinajstić information content (AvgIpc) is 3.32. The van der Waals surface area contributed by atoms with Crippen LogP contribution >= 0.6 is 11.3 Å². The number of amides is 1. The third-order valence-corrected chi connectivity index (χ3v) is 6.08. The SMILES string of the molecule is N#Cc1ccc(CN(Cc2cccc(F)c2)Cc2nnc(C(=O)NCc3ccc(F)cc3)s2)cc1. The molecule has 3 aromatic carbocycles. The van der Waals surface area contributed by atoms with Crippen molar-refractivity contribution in [2.24, 2.45) is 0 Å². The van der Waals surface area contributed by atoms with Crippen LogP contribution in [-0.4, -0.2) is 21.0 Å². The topological polar surface area (TPSA) is 81.9 Å². The molecule has 0 bridgehead atoms. The number of hydrogen-bond acceptors (Lipinski definition) is 6. The molecule has 0 aliphatic carbocycles. The monoisotopic (exact) mass is 489 g/mol. The smallest absolute Gasteiger partial charge is 0.282 e. The van der Waals surface area contributed by atoms with E-state index in [4.69, 9.17) is 5.26 Å². The molecule has 1 amide bonds. The van der Waals surface area contributed by atoms with Crippen LogP contribution in [0.3, 0.4) is 0 Å². The number of carbonyl (C=O) groups excluding carboxylic acids is 1. The van der Waals surface area contributed by atoms with Crippen molar-refractivity contribution in [3.8, 4) is 6.07 Å². The maximum Gasteiger partial charge on any atom is 0.282 e. The molecule has 0 saturated carbocycles. The second kappa shape index (κ2) is 11.4. The Bertz CT molecular complexity index is 1330. The number of nitriles is 1. The van der Waals surface area contributed by atoms with Crippen molar-refractivity contribution < 1.29 is 13.6 Å². The number of carbonyl (C=O) groups is 1. The molecular weight excluding hydrogens is 468 g/mol. The number of hydrogen-bond donors (Lipinski definition) is 1. The van der Waals surface area contributed by atoms with E-state index in [2.05, 4.69) is 26.5 Å². The summed E-state index contributed by atoms with van der Waals surface area (Å²) in [7, 11) is 0. The van der Waals surface area contributed by atoms with Gasteiger partial charge in [0, 0.05) is 19.6 Å². The van der Waals surface area contributed by atoms with Gasteiger partial charge in [0.15, 0.2) is 0 Å². The van der Waals surface area contributed by atoms with Gasteiger partial charge in [-0.15, -0.1) is 10.2 Å². The zero-order valence-corrected chi connectivity index (χ0v) is 19.4. The first-order valence-corrected chi connectivity index (χ1v) is 11.6. The van der Waals surface area contributed by atoms with Crippen LogP contribution in [0, 0.1) is 23.0 Å². The minimum atomic E-state index is -0.359. The summed E-state index contributed by atoms with van der Waals surface area (Å²) in [4.78, 5) is 14.6. The Morgan fingerprint density at radius 3 is 2.31 bits per heavy atom. The molecule has 4 rings (SSSR count). The molecule has 0 spiro atoms. The van der Waals surface area contributed by atoms with Gasteiger partial charge in [-0.1, -0.05) is 47.7 Å². The lowest BCUT2D eigenvalue weighted by atomic mass is 10.1. The second-order valence-electron chi connectivity index (χ2n) is 7.89. The summed E-state index contributed by atoms with van der Waals surface area (Å²) in [6, 6.07) is 21.7. The Morgan fingerprint density at radius 2 is 1.60 bits per heavy atom. The first-order valence-electron chi connectivity index (χ1n) is 10.8. The standard InChI is InChI=1S/C26H21F2N5OS/c27-22-10-8-19(9-11-22)14-30-25(34)26-32-31-24(35-26)17-33(16-21-2-1-3-23(28)12-21)15-20-6-4-18(13-29)5-7-20/h1-12H,14-17H2,(H,30,34). The summed E-state index contributed by atoms with van der Waals surface area (Å²) in [6.45, 7) is 1.65. The van der Waals surface area contributed by atoms with E-state index >= 15 is 0 Å². The molecule has 9 heteroatoms. The molecule has 1 aromatic heterocycles. The maximum absolute atomic E-state index is 13.7. The van der Waals surface area contributed by atoms with Crippen LogP contribution in [0.25, 0.3) is 0 Å².